The molecule has 0 aromatic carbocycles. The summed E-state index contributed by atoms with van der Waals surface area (Å²) in [4.78, 5) is 17.2. The molecule has 0 spiro atoms. The van der Waals surface area contributed by atoms with Crippen LogP contribution in [0.15, 0.2) is 29.4 Å². The summed E-state index contributed by atoms with van der Waals surface area (Å²) < 4.78 is 1.95. The fourth-order valence-electron chi connectivity index (χ4n) is 1.70. The maximum absolute atomic E-state index is 11.9. The Balaban J connectivity index is 2.16. The molecule has 0 fully saturated rings. The van der Waals surface area contributed by atoms with E-state index >= 15 is 0 Å². The Kier molecular flexibility index (Phi) is 3.19. The third kappa shape index (κ3) is 2.07. The Morgan fingerprint density at radius 2 is 2.44 bits per heavy atom. The van der Waals surface area contributed by atoms with Crippen molar-refractivity contribution in [1.82, 2.24) is 9.38 Å². The molecule has 0 bridgehead atoms. The first-order chi connectivity index (χ1) is 7.74. The molecule has 0 aliphatic carbocycles. The van der Waals surface area contributed by atoms with Gasteiger partial charge in [0.1, 0.15) is 0 Å². The van der Waals surface area contributed by atoms with Gasteiger partial charge >= 0.3 is 0 Å². The highest BCUT2D eigenvalue weighted by atomic mass is 32.1. The summed E-state index contributed by atoms with van der Waals surface area (Å²) in [6.45, 7) is 3.90. The topological polar surface area (TPSA) is 34.4 Å². The highest BCUT2D eigenvalue weighted by molar-refractivity contribution is 7.15. The van der Waals surface area contributed by atoms with Crippen LogP contribution in [-0.2, 0) is 11.2 Å². The lowest BCUT2D eigenvalue weighted by atomic mass is 10.1. The van der Waals surface area contributed by atoms with Gasteiger partial charge in [-0.15, -0.1) is 11.3 Å². The van der Waals surface area contributed by atoms with Crippen molar-refractivity contribution in [1.29, 1.82) is 0 Å². The van der Waals surface area contributed by atoms with Gasteiger partial charge in [0.2, 0.25) is 0 Å². The number of rotatable bonds is 4. The molecular weight excluding hydrogens is 220 g/mol. The van der Waals surface area contributed by atoms with E-state index in [4.69, 9.17) is 0 Å². The van der Waals surface area contributed by atoms with Gasteiger partial charge in [-0.25, -0.2) is 4.98 Å². The Bertz CT molecular complexity index is 507. The zero-order chi connectivity index (χ0) is 11.5. The van der Waals surface area contributed by atoms with Crippen LogP contribution in [-0.4, -0.2) is 15.2 Å². The van der Waals surface area contributed by atoms with Crippen LogP contribution in [0.1, 0.15) is 26.0 Å². The minimum atomic E-state index is 0.177. The molecule has 0 saturated heterocycles. The van der Waals surface area contributed by atoms with E-state index in [-0.39, 0.29) is 5.78 Å². The van der Waals surface area contributed by atoms with Crippen molar-refractivity contribution in [2.24, 2.45) is 0 Å². The van der Waals surface area contributed by atoms with Gasteiger partial charge in [0.25, 0.3) is 0 Å². The summed E-state index contributed by atoms with van der Waals surface area (Å²) in [5.41, 5.74) is 1.74. The van der Waals surface area contributed by atoms with Crippen LogP contribution in [0.5, 0.6) is 0 Å². The first-order valence-corrected chi connectivity index (χ1v) is 6.22. The minimum absolute atomic E-state index is 0.177. The summed E-state index contributed by atoms with van der Waals surface area (Å²) in [6, 6.07) is 0. The van der Waals surface area contributed by atoms with Gasteiger partial charge in [0.15, 0.2) is 10.7 Å². The van der Waals surface area contributed by atoms with Crippen molar-refractivity contribution in [3.63, 3.8) is 0 Å². The second-order valence-electron chi connectivity index (χ2n) is 3.59. The maximum Gasteiger partial charge on any atom is 0.193 e. The quantitative estimate of drug-likeness (QED) is 0.762. The van der Waals surface area contributed by atoms with E-state index in [0.29, 0.717) is 6.42 Å². The molecule has 0 unspecified atom stereocenters. The van der Waals surface area contributed by atoms with Gasteiger partial charge in [0, 0.05) is 17.8 Å². The van der Waals surface area contributed by atoms with Crippen LogP contribution in [0.2, 0.25) is 0 Å². The van der Waals surface area contributed by atoms with Crippen LogP contribution in [0.4, 0.5) is 0 Å². The Morgan fingerprint density at radius 3 is 3.06 bits per heavy atom. The number of allylic oxidation sites excluding steroid dienone is 2. The number of aromatic nitrogens is 2. The molecule has 0 atom stereocenters. The maximum atomic E-state index is 11.9. The number of fused-ring (bicyclic) bond motifs is 1. The van der Waals surface area contributed by atoms with Crippen LogP contribution in [0.25, 0.3) is 4.96 Å². The number of imidazole rings is 1. The standard InChI is InChI=1S/C12H14N2OS/c1-3-9(4-2)11(15)7-10-8-14-5-6-16-12(14)13-10/h3,5-6,8H,4,7H2,1-2H3/b9-3-. The molecule has 0 N–H and O–H groups in total. The van der Waals surface area contributed by atoms with Gasteiger partial charge in [-0.05, 0) is 18.9 Å². The SMILES string of the molecule is C/C=C(/CC)C(=O)Cc1cn2ccsc2n1. The fourth-order valence-corrected chi connectivity index (χ4v) is 2.42. The molecule has 0 aliphatic rings. The largest absolute Gasteiger partial charge is 0.297 e. The fraction of sp³-hybridized carbons (Fsp3) is 0.333. The van der Waals surface area contributed by atoms with E-state index in [1.165, 1.54) is 0 Å². The van der Waals surface area contributed by atoms with Crippen LogP contribution >= 0.6 is 11.3 Å². The van der Waals surface area contributed by atoms with Crippen molar-refractivity contribution in [3.8, 4) is 0 Å². The monoisotopic (exact) mass is 234 g/mol. The number of carbonyl (C=O) groups is 1. The first kappa shape index (κ1) is 11.1. The molecule has 84 valence electrons. The molecule has 0 radical (unpaired) electrons. The Hall–Kier alpha value is -1.42. The Labute approximate surface area is 98.4 Å². The normalized spacial score (nSPS) is 12.2. The van der Waals surface area contributed by atoms with E-state index in [0.717, 1.165) is 22.6 Å². The summed E-state index contributed by atoms with van der Waals surface area (Å²) in [5.74, 6) is 0.177. The highest BCUT2D eigenvalue weighted by Gasteiger charge is 2.10. The van der Waals surface area contributed by atoms with Crippen molar-refractivity contribution >= 4 is 22.1 Å². The zero-order valence-electron chi connectivity index (χ0n) is 9.43. The van der Waals surface area contributed by atoms with Gasteiger partial charge in [-0.2, -0.15) is 0 Å². The van der Waals surface area contributed by atoms with Gasteiger partial charge in [0.05, 0.1) is 12.1 Å². The summed E-state index contributed by atoms with van der Waals surface area (Å²) >= 11 is 1.58. The van der Waals surface area contributed by atoms with Crippen molar-refractivity contribution < 1.29 is 4.79 Å². The molecule has 3 nitrogen and oxygen atoms in total. The van der Waals surface area contributed by atoms with Crippen LogP contribution < -0.4 is 0 Å². The number of hydrogen-bond acceptors (Lipinski definition) is 3. The van der Waals surface area contributed by atoms with E-state index in [2.05, 4.69) is 4.98 Å². The van der Waals surface area contributed by atoms with Crippen molar-refractivity contribution in [2.75, 3.05) is 0 Å². The Morgan fingerprint density at radius 1 is 1.62 bits per heavy atom. The number of hydrogen-bond donors (Lipinski definition) is 0. The average Bonchev–Trinajstić information content (AvgIpc) is 2.79. The second-order valence-corrected chi connectivity index (χ2v) is 4.47. The molecule has 0 amide bonds. The third-order valence-electron chi connectivity index (χ3n) is 2.57. The molecule has 2 heterocycles. The lowest BCUT2D eigenvalue weighted by Gasteiger charge is -2.00. The molecule has 2 rings (SSSR count). The summed E-state index contributed by atoms with van der Waals surface area (Å²) in [5, 5.41) is 1.98. The second kappa shape index (κ2) is 4.61. The minimum Gasteiger partial charge on any atom is -0.297 e. The molecule has 4 heteroatoms. The van der Waals surface area contributed by atoms with Crippen molar-refractivity contribution in [3.05, 3.63) is 35.1 Å². The molecule has 0 saturated carbocycles. The number of nitrogens with zero attached hydrogens (tertiary/aromatic N) is 2. The number of Topliss-reactive ketones (excluding diaryl/α,β-unsaturated/α-hetero) is 1. The lowest BCUT2D eigenvalue weighted by molar-refractivity contribution is -0.115. The van der Waals surface area contributed by atoms with E-state index < -0.39 is 0 Å². The highest BCUT2D eigenvalue weighted by Crippen LogP contribution is 2.13. The van der Waals surface area contributed by atoms with Gasteiger partial charge in [-0.3, -0.25) is 9.20 Å². The summed E-state index contributed by atoms with van der Waals surface area (Å²) in [7, 11) is 0. The van der Waals surface area contributed by atoms with E-state index in [1.807, 2.05) is 42.1 Å². The zero-order valence-corrected chi connectivity index (χ0v) is 10.3. The molecular formula is C12H14N2OS. The van der Waals surface area contributed by atoms with Gasteiger partial charge in [-0.1, -0.05) is 13.0 Å². The number of ketones is 1. The lowest BCUT2D eigenvalue weighted by Crippen LogP contribution is -2.05. The van der Waals surface area contributed by atoms with E-state index in [9.17, 15) is 4.79 Å². The molecule has 2 aromatic heterocycles. The molecule has 2 aromatic rings. The first-order valence-electron chi connectivity index (χ1n) is 5.34. The number of carbonyl (C=O) groups excluding carboxylic acids is 1. The predicted molar refractivity (Wildman–Crippen MR) is 65.8 cm³/mol. The predicted octanol–water partition coefficient (Wildman–Crippen LogP) is 2.86. The van der Waals surface area contributed by atoms with Gasteiger partial charge < -0.3 is 0 Å². The smallest absolute Gasteiger partial charge is 0.193 e. The van der Waals surface area contributed by atoms with E-state index in [1.54, 1.807) is 11.3 Å². The average molecular weight is 234 g/mol. The number of thiazole rings is 1. The van der Waals surface area contributed by atoms with Crippen LogP contribution in [0.3, 0.4) is 0 Å². The molecule has 16 heavy (non-hydrogen) atoms. The third-order valence-corrected chi connectivity index (χ3v) is 3.34. The summed E-state index contributed by atoms with van der Waals surface area (Å²) in [6.07, 6.45) is 6.96. The molecule has 0 aliphatic heterocycles. The van der Waals surface area contributed by atoms with Crippen LogP contribution in [0, 0.1) is 0 Å². The van der Waals surface area contributed by atoms with Crippen molar-refractivity contribution in [2.45, 2.75) is 26.7 Å².